The van der Waals surface area contributed by atoms with Crippen LogP contribution in [0.15, 0.2) is 30.3 Å². The highest BCUT2D eigenvalue weighted by molar-refractivity contribution is 5.66. The second-order valence-electron chi connectivity index (χ2n) is 6.03. The number of piperidine rings is 1. The van der Waals surface area contributed by atoms with Crippen LogP contribution in [0.25, 0.3) is 0 Å². The van der Waals surface area contributed by atoms with Crippen molar-refractivity contribution in [1.82, 2.24) is 4.90 Å². The Hall–Kier alpha value is -1.88. The number of nitrogens with zero attached hydrogens (tertiary/aromatic N) is 1. The van der Waals surface area contributed by atoms with Crippen LogP contribution in [-0.4, -0.2) is 43.1 Å². The van der Waals surface area contributed by atoms with E-state index in [9.17, 15) is 9.59 Å². The first-order valence-electron chi connectivity index (χ1n) is 9.48. The van der Waals surface area contributed by atoms with E-state index >= 15 is 0 Å². The van der Waals surface area contributed by atoms with Crippen LogP contribution in [0, 0.1) is 0 Å². The first-order chi connectivity index (χ1) is 12.4. The average Bonchev–Trinajstić information content (AvgIpc) is 2.63. The number of carbonyl (C=O) groups is 2. The molecule has 26 heavy (non-hydrogen) atoms. The van der Waals surface area contributed by atoms with E-state index in [-0.39, 0.29) is 11.9 Å². The molecule has 1 aliphatic rings. The van der Waals surface area contributed by atoms with Gasteiger partial charge in [-0.05, 0) is 52.3 Å². The fourth-order valence-corrected chi connectivity index (χ4v) is 2.65. The molecular formula is C21H35NO4. The van der Waals surface area contributed by atoms with Gasteiger partial charge in [0.2, 0.25) is 0 Å². The molecule has 148 valence electrons. The van der Waals surface area contributed by atoms with E-state index in [4.69, 9.17) is 0 Å². The predicted molar refractivity (Wildman–Crippen MR) is 105 cm³/mol. The number of likely N-dealkylation sites (tertiary alicyclic amines) is 1. The van der Waals surface area contributed by atoms with Crippen LogP contribution in [0.5, 0.6) is 0 Å². The van der Waals surface area contributed by atoms with Gasteiger partial charge in [0.15, 0.2) is 0 Å². The van der Waals surface area contributed by atoms with Crippen molar-refractivity contribution in [2.24, 2.45) is 0 Å². The quantitative estimate of drug-likeness (QED) is 0.742. The highest BCUT2D eigenvalue weighted by Crippen LogP contribution is 2.23. The number of hydrogen-bond donors (Lipinski definition) is 0. The normalized spacial score (nSPS) is 14.7. The van der Waals surface area contributed by atoms with Crippen molar-refractivity contribution >= 4 is 11.9 Å². The van der Waals surface area contributed by atoms with Crippen LogP contribution in [0.4, 0.5) is 0 Å². The van der Waals surface area contributed by atoms with Gasteiger partial charge in [0.05, 0.1) is 13.2 Å². The number of benzene rings is 1. The largest absolute Gasteiger partial charge is 0.466 e. The molecule has 1 aromatic carbocycles. The summed E-state index contributed by atoms with van der Waals surface area (Å²) < 4.78 is 8.81. The van der Waals surface area contributed by atoms with Crippen molar-refractivity contribution < 1.29 is 19.1 Å². The lowest BCUT2D eigenvalue weighted by Gasteiger charge is -2.32. The van der Waals surface area contributed by atoms with Crippen LogP contribution in [0.3, 0.4) is 0 Å². The summed E-state index contributed by atoms with van der Waals surface area (Å²) in [5, 5.41) is 0. The van der Waals surface area contributed by atoms with Crippen molar-refractivity contribution in [3.63, 3.8) is 0 Å². The second-order valence-corrected chi connectivity index (χ2v) is 6.03. The monoisotopic (exact) mass is 365 g/mol. The number of carbonyl (C=O) groups excluding carboxylic acids is 2. The molecule has 5 nitrogen and oxygen atoms in total. The van der Waals surface area contributed by atoms with Gasteiger partial charge in [-0.2, -0.15) is 0 Å². The third-order valence-electron chi connectivity index (χ3n) is 3.92. The van der Waals surface area contributed by atoms with Crippen molar-refractivity contribution in [2.75, 3.05) is 26.3 Å². The summed E-state index contributed by atoms with van der Waals surface area (Å²) >= 11 is 0. The van der Waals surface area contributed by atoms with Crippen LogP contribution in [-0.2, 0) is 19.1 Å². The third-order valence-corrected chi connectivity index (χ3v) is 3.92. The van der Waals surface area contributed by atoms with Crippen molar-refractivity contribution in [1.29, 1.82) is 0 Å². The number of hydrogen-bond acceptors (Lipinski definition) is 5. The third kappa shape index (κ3) is 12.5. The van der Waals surface area contributed by atoms with Crippen molar-refractivity contribution in [3.8, 4) is 0 Å². The lowest BCUT2D eigenvalue weighted by atomic mass is 10.0. The van der Waals surface area contributed by atoms with E-state index in [1.54, 1.807) is 13.8 Å². The first kappa shape index (κ1) is 24.1. The SMILES string of the molecule is CC(c1ccccc1)N1CCCCC1.CCOC(C)=O.CCOC(C)=O. The molecule has 0 radical (unpaired) electrons. The van der Waals surface area contributed by atoms with E-state index in [0.717, 1.165) is 0 Å². The number of esters is 2. The Balaban J connectivity index is 0.000000437. The van der Waals surface area contributed by atoms with Gasteiger partial charge in [0.1, 0.15) is 0 Å². The zero-order valence-electron chi connectivity index (χ0n) is 17.0. The Morgan fingerprint density at radius 1 is 0.923 bits per heavy atom. The molecular weight excluding hydrogens is 330 g/mol. The van der Waals surface area contributed by atoms with Crippen LogP contribution in [0.1, 0.15) is 65.5 Å². The Morgan fingerprint density at radius 2 is 1.38 bits per heavy atom. The van der Waals surface area contributed by atoms with Gasteiger partial charge in [-0.1, -0.05) is 36.8 Å². The molecule has 1 saturated heterocycles. The van der Waals surface area contributed by atoms with Crippen molar-refractivity contribution in [3.05, 3.63) is 35.9 Å². The fourth-order valence-electron chi connectivity index (χ4n) is 2.65. The molecule has 1 aromatic rings. The van der Waals surface area contributed by atoms with Gasteiger partial charge in [0.25, 0.3) is 0 Å². The zero-order valence-corrected chi connectivity index (χ0v) is 17.0. The van der Waals surface area contributed by atoms with Gasteiger partial charge in [0, 0.05) is 19.9 Å². The van der Waals surface area contributed by atoms with Crippen LogP contribution >= 0.6 is 0 Å². The molecule has 1 unspecified atom stereocenters. The lowest BCUT2D eigenvalue weighted by Crippen LogP contribution is -2.32. The summed E-state index contributed by atoms with van der Waals surface area (Å²) in [5.41, 5.74) is 1.45. The molecule has 0 saturated carbocycles. The molecule has 2 rings (SSSR count). The van der Waals surface area contributed by atoms with Gasteiger partial charge in [-0.25, -0.2) is 0 Å². The maximum absolute atomic E-state index is 9.82. The Labute approximate surface area is 158 Å². The maximum Gasteiger partial charge on any atom is 0.302 e. The summed E-state index contributed by atoms with van der Waals surface area (Å²) in [7, 11) is 0. The minimum atomic E-state index is -0.211. The molecule has 0 aliphatic carbocycles. The Kier molecular flexibility index (Phi) is 14.3. The highest BCUT2D eigenvalue weighted by atomic mass is 16.5. The van der Waals surface area contributed by atoms with E-state index in [2.05, 4.69) is 51.6 Å². The topological polar surface area (TPSA) is 55.8 Å². The van der Waals surface area contributed by atoms with E-state index < -0.39 is 0 Å². The van der Waals surface area contributed by atoms with Gasteiger partial charge in [-0.15, -0.1) is 0 Å². The summed E-state index contributed by atoms with van der Waals surface area (Å²) in [6.45, 7) is 12.2. The Bertz CT molecular complexity index is 468. The predicted octanol–water partition coefficient (Wildman–Crippen LogP) is 4.37. The highest BCUT2D eigenvalue weighted by Gasteiger charge is 2.17. The van der Waals surface area contributed by atoms with E-state index in [0.29, 0.717) is 19.3 Å². The van der Waals surface area contributed by atoms with Crippen molar-refractivity contribution in [2.45, 2.75) is 59.9 Å². The molecule has 1 aliphatic heterocycles. The van der Waals surface area contributed by atoms with E-state index in [1.807, 2.05) is 0 Å². The van der Waals surface area contributed by atoms with Crippen LogP contribution < -0.4 is 0 Å². The molecule has 1 atom stereocenters. The fraction of sp³-hybridized carbons (Fsp3) is 0.619. The summed E-state index contributed by atoms with van der Waals surface area (Å²) in [6.07, 6.45) is 4.16. The minimum absolute atomic E-state index is 0.211. The molecule has 0 N–H and O–H groups in total. The summed E-state index contributed by atoms with van der Waals surface area (Å²) in [6, 6.07) is 11.4. The molecule has 0 bridgehead atoms. The standard InChI is InChI=1S/C13H19N.2C4H8O2/c1-12(13-8-4-2-5-9-13)14-10-6-3-7-11-14;2*1-3-6-4(2)5/h2,4-5,8-9,12H,3,6-7,10-11H2,1H3;2*3H2,1-2H3. The molecule has 1 heterocycles. The summed E-state index contributed by atoms with van der Waals surface area (Å²) in [5.74, 6) is -0.421. The smallest absolute Gasteiger partial charge is 0.302 e. The second kappa shape index (κ2) is 15.4. The molecule has 1 fully saturated rings. The van der Waals surface area contributed by atoms with Gasteiger partial charge >= 0.3 is 11.9 Å². The lowest BCUT2D eigenvalue weighted by molar-refractivity contribution is -0.141. The van der Waals surface area contributed by atoms with Gasteiger partial charge < -0.3 is 9.47 Å². The number of rotatable bonds is 4. The first-order valence-corrected chi connectivity index (χ1v) is 9.48. The molecule has 5 heteroatoms. The Morgan fingerprint density at radius 3 is 1.73 bits per heavy atom. The van der Waals surface area contributed by atoms with E-state index in [1.165, 1.54) is 51.8 Å². The maximum atomic E-state index is 9.82. The average molecular weight is 366 g/mol. The molecule has 0 aromatic heterocycles. The number of ether oxygens (including phenoxy) is 2. The molecule has 0 amide bonds. The summed E-state index contributed by atoms with van der Waals surface area (Å²) in [4.78, 5) is 22.2. The van der Waals surface area contributed by atoms with Crippen LogP contribution in [0.2, 0.25) is 0 Å². The zero-order chi connectivity index (χ0) is 19.8. The van der Waals surface area contributed by atoms with Gasteiger partial charge in [-0.3, -0.25) is 14.5 Å². The molecule has 0 spiro atoms. The minimum Gasteiger partial charge on any atom is -0.466 e.